The monoisotopic (exact) mass is 403 g/mol. The molecule has 0 heterocycles. The van der Waals surface area contributed by atoms with Gasteiger partial charge in [0, 0.05) is 30.4 Å². The minimum absolute atomic E-state index is 0.136. The van der Waals surface area contributed by atoms with E-state index < -0.39 is 0 Å². The molecule has 3 aromatic carbocycles. The lowest BCUT2D eigenvalue weighted by Gasteiger charge is -2.10. The zero-order valence-corrected chi connectivity index (χ0v) is 16.9. The van der Waals surface area contributed by atoms with Gasteiger partial charge in [0.25, 0.3) is 0 Å². The molecule has 3 N–H and O–H groups in total. The maximum atomic E-state index is 12.1. The number of amides is 2. The van der Waals surface area contributed by atoms with Crippen LogP contribution in [0.4, 0.5) is 17.1 Å². The van der Waals surface area contributed by atoms with Crippen molar-refractivity contribution in [2.24, 2.45) is 0 Å². The third-order valence-corrected chi connectivity index (χ3v) is 4.30. The molecule has 0 saturated carbocycles. The Morgan fingerprint density at radius 2 is 1.37 bits per heavy atom. The fourth-order valence-corrected chi connectivity index (χ4v) is 2.83. The number of carbonyl (C=O) groups excluding carboxylic acids is 2. The van der Waals surface area contributed by atoms with E-state index in [0.29, 0.717) is 18.0 Å². The Balaban J connectivity index is 1.39. The van der Waals surface area contributed by atoms with Crippen molar-refractivity contribution >= 4 is 28.9 Å². The average molecular weight is 403 g/mol. The second kappa shape index (κ2) is 10.7. The number of anilines is 3. The average Bonchev–Trinajstić information content (AvgIpc) is 2.75. The Bertz CT molecular complexity index is 955. The molecule has 0 fully saturated rings. The highest BCUT2D eigenvalue weighted by atomic mass is 16.5. The highest BCUT2D eigenvalue weighted by Gasteiger charge is 2.04. The van der Waals surface area contributed by atoms with Crippen molar-refractivity contribution in [3.05, 3.63) is 84.4 Å². The number of hydrogen-bond acceptors (Lipinski definition) is 4. The summed E-state index contributed by atoms with van der Waals surface area (Å²) in [6, 6.07) is 24.7. The number of carbonyl (C=O) groups is 2. The van der Waals surface area contributed by atoms with Crippen LogP contribution in [0.5, 0.6) is 5.75 Å². The van der Waals surface area contributed by atoms with Gasteiger partial charge in [0.1, 0.15) is 5.75 Å². The van der Waals surface area contributed by atoms with Gasteiger partial charge in [-0.1, -0.05) is 30.3 Å². The second-order valence-electron chi connectivity index (χ2n) is 6.77. The summed E-state index contributed by atoms with van der Waals surface area (Å²) in [5, 5.41) is 8.58. The smallest absolute Gasteiger partial charge is 0.243 e. The van der Waals surface area contributed by atoms with Gasteiger partial charge in [-0.25, -0.2) is 0 Å². The molecule has 0 aliphatic heterocycles. The van der Waals surface area contributed by atoms with E-state index >= 15 is 0 Å². The molecule has 0 aliphatic carbocycles. The molecular weight excluding hydrogens is 378 g/mol. The summed E-state index contributed by atoms with van der Waals surface area (Å²) >= 11 is 0. The van der Waals surface area contributed by atoms with Crippen LogP contribution in [-0.2, 0) is 16.0 Å². The summed E-state index contributed by atoms with van der Waals surface area (Å²) in [6.45, 7) is 2.20. The van der Waals surface area contributed by atoms with Gasteiger partial charge in [-0.2, -0.15) is 0 Å². The van der Waals surface area contributed by atoms with Crippen LogP contribution >= 0.6 is 0 Å². The molecule has 30 heavy (non-hydrogen) atoms. The first-order chi connectivity index (χ1) is 14.6. The third-order valence-electron chi connectivity index (χ3n) is 4.30. The molecule has 0 bridgehead atoms. The highest BCUT2D eigenvalue weighted by Crippen LogP contribution is 2.17. The van der Waals surface area contributed by atoms with E-state index in [0.717, 1.165) is 17.9 Å². The SMILES string of the molecule is CC(=O)Nc1ccc(NC(=O)CNc2ccc(OCCc3ccccc3)cc2)cc1. The van der Waals surface area contributed by atoms with E-state index in [1.54, 1.807) is 24.3 Å². The van der Waals surface area contributed by atoms with Gasteiger partial charge >= 0.3 is 0 Å². The molecule has 0 saturated heterocycles. The van der Waals surface area contributed by atoms with Crippen LogP contribution < -0.4 is 20.7 Å². The molecule has 0 atom stereocenters. The standard InChI is InChI=1S/C24H25N3O3/c1-18(28)26-21-7-9-22(10-8-21)27-24(29)17-25-20-11-13-23(14-12-20)30-16-15-19-5-3-2-4-6-19/h2-14,25H,15-17H2,1H3,(H,26,28)(H,27,29). The molecule has 6 heteroatoms. The van der Waals surface area contributed by atoms with Gasteiger partial charge in [-0.05, 0) is 54.1 Å². The van der Waals surface area contributed by atoms with E-state index in [2.05, 4.69) is 28.1 Å². The van der Waals surface area contributed by atoms with Crippen LogP contribution in [-0.4, -0.2) is 25.0 Å². The first-order valence-corrected chi connectivity index (χ1v) is 9.77. The van der Waals surface area contributed by atoms with Crippen molar-refractivity contribution in [1.29, 1.82) is 0 Å². The molecule has 0 radical (unpaired) electrons. The zero-order valence-electron chi connectivity index (χ0n) is 16.9. The lowest BCUT2D eigenvalue weighted by Crippen LogP contribution is -2.21. The molecule has 0 aromatic heterocycles. The lowest BCUT2D eigenvalue weighted by atomic mass is 10.2. The molecule has 0 aliphatic rings. The number of ether oxygens (including phenoxy) is 1. The van der Waals surface area contributed by atoms with E-state index in [1.807, 2.05) is 42.5 Å². The topological polar surface area (TPSA) is 79.5 Å². The van der Waals surface area contributed by atoms with Crippen molar-refractivity contribution in [2.75, 3.05) is 29.1 Å². The van der Waals surface area contributed by atoms with E-state index in [4.69, 9.17) is 4.74 Å². The summed E-state index contributed by atoms with van der Waals surface area (Å²) in [5.74, 6) is 0.495. The van der Waals surface area contributed by atoms with Crippen LogP contribution in [0.1, 0.15) is 12.5 Å². The first kappa shape index (κ1) is 20.9. The number of hydrogen-bond donors (Lipinski definition) is 3. The number of benzene rings is 3. The second-order valence-corrected chi connectivity index (χ2v) is 6.77. The summed E-state index contributed by atoms with van der Waals surface area (Å²) < 4.78 is 5.77. The molecule has 6 nitrogen and oxygen atoms in total. The molecule has 0 spiro atoms. The van der Waals surface area contributed by atoms with Gasteiger partial charge < -0.3 is 20.7 Å². The van der Waals surface area contributed by atoms with Crippen molar-refractivity contribution in [1.82, 2.24) is 0 Å². The largest absolute Gasteiger partial charge is 0.493 e. The fraction of sp³-hybridized carbons (Fsp3) is 0.167. The molecule has 154 valence electrons. The third kappa shape index (κ3) is 6.98. The van der Waals surface area contributed by atoms with E-state index in [1.165, 1.54) is 12.5 Å². The number of rotatable bonds is 9. The van der Waals surface area contributed by atoms with Gasteiger partial charge in [-0.3, -0.25) is 9.59 Å². The lowest BCUT2D eigenvalue weighted by molar-refractivity contribution is -0.115. The minimum Gasteiger partial charge on any atom is -0.493 e. The molecular formula is C24H25N3O3. The fourth-order valence-electron chi connectivity index (χ4n) is 2.83. The van der Waals surface area contributed by atoms with Crippen LogP contribution in [0, 0.1) is 0 Å². The minimum atomic E-state index is -0.162. The van der Waals surface area contributed by atoms with Gasteiger partial charge in [0.05, 0.1) is 13.2 Å². The maximum Gasteiger partial charge on any atom is 0.243 e. The van der Waals surface area contributed by atoms with Gasteiger partial charge in [0.15, 0.2) is 0 Å². The van der Waals surface area contributed by atoms with Crippen LogP contribution in [0.15, 0.2) is 78.9 Å². The molecule has 3 rings (SSSR count). The van der Waals surface area contributed by atoms with Crippen molar-refractivity contribution in [2.45, 2.75) is 13.3 Å². The van der Waals surface area contributed by atoms with Crippen molar-refractivity contribution in [3.8, 4) is 5.75 Å². The van der Waals surface area contributed by atoms with Gasteiger partial charge in [-0.15, -0.1) is 0 Å². The van der Waals surface area contributed by atoms with Crippen LogP contribution in [0.2, 0.25) is 0 Å². The van der Waals surface area contributed by atoms with Crippen molar-refractivity contribution < 1.29 is 14.3 Å². The molecule has 3 aromatic rings. The van der Waals surface area contributed by atoms with Crippen LogP contribution in [0.3, 0.4) is 0 Å². The summed E-state index contributed by atoms with van der Waals surface area (Å²) in [7, 11) is 0. The summed E-state index contributed by atoms with van der Waals surface area (Å²) in [4.78, 5) is 23.2. The number of nitrogens with one attached hydrogen (secondary N) is 3. The summed E-state index contributed by atoms with van der Waals surface area (Å²) in [5.41, 5.74) is 3.43. The Morgan fingerprint density at radius 3 is 2.00 bits per heavy atom. The van der Waals surface area contributed by atoms with E-state index in [-0.39, 0.29) is 18.4 Å². The first-order valence-electron chi connectivity index (χ1n) is 9.77. The normalized spacial score (nSPS) is 10.2. The zero-order chi connectivity index (χ0) is 21.2. The Hall–Kier alpha value is -3.80. The molecule has 0 unspecified atom stereocenters. The van der Waals surface area contributed by atoms with Gasteiger partial charge in [0.2, 0.25) is 11.8 Å². The Morgan fingerprint density at radius 1 is 0.767 bits per heavy atom. The predicted octanol–water partition coefficient (Wildman–Crippen LogP) is 4.32. The van der Waals surface area contributed by atoms with Crippen LogP contribution in [0.25, 0.3) is 0 Å². The Labute approximate surface area is 176 Å². The van der Waals surface area contributed by atoms with E-state index in [9.17, 15) is 9.59 Å². The highest BCUT2D eigenvalue weighted by molar-refractivity contribution is 5.94. The van der Waals surface area contributed by atoms with Crippen molar-refractivity contribution in [3.63, 3.8) is 0 Å². The maximum absolute atomic E-state index is 12.1. The summed E-state index contributed by atoms with van der Waals surface area (Å²) in [6.07, 6.45) is 0.854. The Kier molecular flexibility index (Phi) is 7.44. The molecule has 2 amide bonds. The quantitative estimate of drug-likeness (QED) is 0.497. The predicted molar refractivity (Wildman–Crippen MR) is 120 cm³/mol.